The minimum atomic E-state index is -0.0532. The Morgan fingerprint density at radius 2 is 1.13 bits per heavy atom. The zero-order valence-electron chi connectivity index (χ0n) is 7.44. The molecule has 0 radical (unpaired) electrons. The Bertz CT molecular complexity index is 394. The lowest BCUT2D eigenvalue weighted by Gasteiger charge is -1.73. The fraction of sp³-hybridized carbons (Fsp3) is 0.0909. The highest BCUT2D eigenvalue weighted by atomic mass is 16.1. The first kappa shape index (κ1) is 12.9. The van der Waals surface area contributed by atoms with Crippen LogP contribution >= 0.6 is 0 Å². The maximum absolute atomic E-state index is 10.2. The van der Waals surface area contributed by atoms with E-state index in [9.17, 15) is 9.59 Å². The van der Waals surface area contributed by atoms with E-state index in [-0.39, 0.29) is 18.5 Å². The summed E-state index contributed by atoms with van der Waals surface area (Å²) in [6.07, 6.45) is 3.20. The Morgan fingerprint density at radius 1 is 0.733 bits per heavy atom. The molecule has 0 spiro atoms. The third kappa shape index (κ3) is 6.04. The third-order valence-electron chi connectivity index (χ3n) is 1.36. The van der Waals surface area contributed by atoms with Crippen molar-refractivity contribution in [3.05, 3.63) is 69.5 Å². The van der Waals surface area contributed by atoms with Gasteiger partial charge in [0.2, 0.25) is 11.1 Å². The first-order valence-electron chi connectivity index (χ1n) is 4.06. The summed E-state index contributed by atoms with van der Waals surface area (Å²) in [4.78, 5) is 25.4. The second-order valence-corrected chi connectivity index (χ2v) is 2.45. The second-order valence-electron chi connectivity index (χ2n) is 2.45. The zero-order valence-corrected chi connectivity index (χ0v) is 7.44. The molecule has 0 saturated heterocycles. The molecule has 0 aliphatic rings. The lowest BCUT2D eigenvalue weighted by molar-refractivity contribution is 1.24. The van der Waals surface area contributed by atoms with Crippen molar-refractivity contribution in [1.82, 2.24) is 9.97 Å². The molecule has 4 heteroatoms. The van der Waals surface area contributed by atoms with E-state index in [1.165, 1.54) is 12.1 Å². The summed E-state index contributed by atoms with van der Waals surface area (Å²) < 4.78 is 0. The van der Waals surface area contributed by atoms with Crippen LogP contribution in [0.2, 0.25) is 0 Å². The minimum absolute atomic E-state index is 0. The number of pyridine rings is 2. The quantitative estimate of drug-likeness (QED) is 0.684. The summed E-state index contributed by atoms with van der Waals surface area (Å²) in [5, 5.41) is 0. The molecule has 0 fully saturated rings. The summed E-state index contributed by atoms with van der Waals surface area (Å²) in [7, 11) is 0. The minimum Gasteiger partial charge on any atom is -0.329 e. The first-order valence-corrected chi connectivity index (χ1v) is 4.06. The van der Waals surface area contributed by atoms with E-state index in [0.717, 1.165) is 0 Å². The molecule has 0 bridgehead atoms. The van der Waals surface area contributed by atoms with Crippen LogP contribution in [0.25, 0.3) is 0 Å². The largest absolute Gasteiger partial charge is 0.329 e. The average Bonchev–Trinajstić information content (AvgIpc) is 2.21. The Morgan fingerprint density at radius 3 is 1.27 bits per heavy atom. The molecule has 2 heterocycles. The van der Waals surface area contributed by atoms with E-state index in [2.05, 4.69) is 9.97 Å². The molecule has 2 N–H and O–H groups in total. The molecular weight excluding hydrogens is 192 g/mol. The van der Waals surface area contributed by atoms with Gasteiger partial charge in [0, 0.05) is 24.5 Å². The number of rotatable bonds is 0. The SMILES string of the molecule is C.O=c1cccc[nH]1.O=c1cccc[nH]1. The van der Waals surface area contributed by atoms with Gasteiger partial charge in [-0.25, -0.2) is 0 Å². The van der Waals surface area contributed by atoms with Crippen LogP contribution in [0.3, 0.4) is 0 Å². The molecule has 0 unspecified atom stereocenters. The molecule has 4 nitrogen and oxygen atoms in total. The van der Waals surface area contributed by atoms with Crippen molar-refractivity contribution in [1.29, 1.82) is 0 Å². The van der Waals surface area contributed by atoms with Crippen LogP contribution in [0.5, 0.6) is 0 Å². The van der Waals surface area contributed by atoms with Crippen molar-refractivity contribution in [2.24, 2.45) is 0 Å². The van der Waals surface area contributed by atoms with E-state index < -0.39 is 0 Å². The van der Waals surface area contributed by atoms with Crippen LogP contribution in [-0.2, 0) is 0 Å². The predicted octanol–water partition coefficient (Wildman–Crippen LogP) is 1.39. The topological polar surface area (TPSA) is 65.7 Å². The number of aromatic nitrogens is 2. The predicted molar refractivity (Wildman–Crippen MR) is 60.9 cm³/mol. The molecule has 80 valence electrons. The monoisotopic (exact) mass is 206 g/mol. The van der Waals surface area contributed by atoms with E-state index in [1.54, 1.807) is 36.7 Å². The highest BCUT2D eigenvalue weighted by Gasteiger charge is 1.70. The van der Waals surface area contributed by atoms with Gasteiger partial charge in [0.05, 0.1) is 0 Å². The van der Waals surface area contributed by atoms with Crippen LogP contribution in [0.15, 0.2) is 58.4 Å². The highest BCUT2D eigenvalue weighted by Crippen LogP contribution is 1.67. The van der Waals surface area contributed by atoms with Gasteiger partial charge in [-0.2, -0.15) is 0 Å². The van der Waals surface area contributed by atoms with E-state index in [1.807, 2.05) is 0 Å². The maximum atomic E-state index is 10.2. The fourth-order valence-electron chi connectivity index (χ4n) is 0.754. The summed E-state index contributed by atoms with van der Waals surface area (Å²) in [6, 6.07) is 9.86. The van der Waals surface area contributed by atoms with Gasteiger partial charge in [-0.3, -0.25) is 9.59 Å². The fourth-order valence-corrected chi connectivity index (χ4v) is 0.754. The Labute approximate surface area is 87.6 Å². The van der Waals surface area contributed by atoms with Gasteiger partial charge in [0.25, 0.3) is 0 Å². The smallest absolute Gasteiger partial charge is 0.247 e. The molecular formula is C11H14N2O2. The molecule has 0 aromatic carbocycles. The molecule has 2 aromatic rings. The Hall–Kier alpha value is -2.10. The molecule has 0 amide bonds. The first-order chi connectivity index (χ1) is 6.79. The number of nitrogens with one attached hydrogen (secondary N) is 2. The van der Waals surface area contributed by atoms with Crippen molar-refractivity contribution in [2.75, 3.05) is 0 Å². The highest BCUT2D eigenvalue weighted by molar-refractivity contribution is 4.89. The standard InChI is InChI=1S/2C5H5NO.CH4/c2*7-5-3-1-2-4-6-5;/h2*1-4H,(H,6,7);1H4. The van der Waals surface area contributed by atoms with E-state index in [0.29, 0.717) is 0 Å². The van der Waals surface area contributed by atoms with Crippen molar-refractivity contribution in [2.45, 2.75) is 7.43 Å². The number of hydrogen-bond acceptors (Lipinski definition) is 2. The summed E-state index contributed by atoms with van der Waals surface area (Å²) >= 11 is 0. The summed E-state index contributed by atoms with van der Waals surface area (Å²) in [5.41, 5.74) is -0.106. The molecule has 0 atom stereocenters. The molecule has 0 saturated carbocycles. The van der Waals surface area contributed by atoms with Crippen LogP contribution in [0, 0.1) is 0 Å². The normalized spacial score (nSPS) is 8.00. The lowest BCUT2D eigenvalue weighted by atomic mass is 10.5. The van der Waals surface area contributed by atoms with Crippen molar-refractivity contribution in [3.63, 3.8) is 0 Å². The number of H-pyrrole nitrogens is 2. The van der Waals surface area contributed by atoms with E-state index >= 15 is 0 Å². The van der Waals surface area contributed by atoms with Gasteiger partial charge in [0.15, 0.2) is 0 Å². The van der Waals surface area contributed by atoms with Gasteiger partial charge in [0.1, 0.15) is 0 Å². The molecule has 2 aromatic heterocycles. The van der Waals surface area contributed by atoms with Crippen LogP contribution in [0.4, 0.5) is 0 Å². The van der Waals surface area contributed by atoms with Crippen molar-refractivity contribution in [3.8, 4) is 0 Å². The Kier molecular flexibility index (Phi) is 6.29. The van der Waals surface area contributed by atoms with Gasteiger partial charge >= 0.3 is 0 Å². The number of hydrogen-bond donors (Lipinski definition) is 2. The molecule has 0 aliphatic heterocycles. The summed E-state index contributed by atoms with van der Waals surface area (Å²) in [6.45, 7) is 0. The van der Waals surface area contributed by atoms with Crippen LogP contribution < -0.4 is 11.1 Å². The molecule has 0 aliphatic carbocycles. The van der Waals surface area contributed by atoms with Gasteiger partial charge in [-0.1, -0.05) is 19.6 Å². The van der Waals surface area contributed by atoms with Crippen molar-refractivity contribution < 1.29 is 0 Å². The van der Waals surface area contributed by atoms with Crippen LogP contribution in [-0.4, -0.2) is 9.97 Å². The second kappa shape index (κ2) is 7.32. The zero-order chi connectivity index (χ0) is 10.2. The molecule has 15 heavy (non-hydrogen) atoms. The van der Waals surface area contributed by atoms with Gasteiger partial charge in [-0.05, 0) is 12.1 Å². The average molecular weight is 206 g/mol. The summed E-state index contributed by atoms with van der Waals surface area (Å²) in [5.74, 6) is 0. The number of aromatic amines is 2. The van der Waals surface area contributed by atoms with Gasteiger partial charge in [-0.15, -0.1) is 0 Å². The third-order valence-corrected chi connectivity index (χ3v) is 1.36. The van der Waals surface area contributed by atoms with Crippen molar-refractivity contribution >= 4 is 0 Å². The molecule has 2 rings (SSSR count). The van der Waals surface area contributed by atoms with Gasteiger partial charge < -0.3 is 9.97 Å². The van der Waals surface area contributed by atoms with E-state index in [4.69, 9.17) is 0 Å². The Balaban J connectivity index is 0.000000245. The lowest BCUT2D eigenvalue weighted by Crippen LogP contribution is -1.98. The maximum Gasteiger partial charge on any atom is 0.247 e. The van der Waals surface area contributed by atoms with Crippen LogP contribution in [0.1, 0.15) is 7.43 Å².